The van der Waals surface area contributed by atoms with Gasteiger partial charge >= 0.3 is 5.97 Å². The minimum absolute atomic E-state index is 0.0208. The van der Waals surface area contributed by atoms with Gasteiger partial charge in [-0.3, -0.25) is 15.0 Å². The lowest BCUT2D eigenvalue weighted by Gasteiger charge is -2.08. The molecule has 150 valence electrons. The van der Waals surface area contributed by atoms with Crippen molar-refractivity contribution >= 4 is 28.7 Å². The van der Waals surface area contributed by atoms with E-state index >= 15 is 0 Å². The Morgan fingerprint density at radius 2 is 1.93 bits per heavy atom. The first-order valence-corrected chi connectivity index (χ1v) is 9.08. The Morgan fingerprint density at radius 3 is 2.59 bits per heavy atom. The van der Waals surface area contributed by atoms with Crippen molar-refractivity contribution < 1.29 is 14.3 Å². The largest absolute Gasteiger partial charge is 0.469 e. The zero-order valence-electron chi connectivity index (χ0n) is 16.6. The number of hydrogen-bond donors (Lipinski definition) is 3. The van der Waals surface area contributed by atoms with E-state index in [-0.39, 0.29) is 30.7 Å². The van der Waals surface area contributed by atoms with Gasteiger partial charge in [-0.05, 0) is 36.8 Å². The molecule has 2 aromatic carbocycles. The summed E-state index contributed by atoms with van der Waals surface area (Å²) >= 11 is 0. The van der Waals surface area contributed by atoms with Crippen LogP contribution in [-0.2, 0) is 16.6 Å². The highest BCUT2D eigenvalue weighted by Crippen LogP contribution is 2.27. The van der Waals surface area contributed by atoms with Crippen LogP contribution in [0.2, 0.25) is 0 Å². The van der Waals surface area contributed by atoms with E-state index in [2.05, 4.69) is 10.1 Å². The van der Waals surface area contributed by atoms with Crippen LogP contribution in [0, 0.1) is 12.3 Å². The number of nitrogens with one attached hydrogen (secondary N) is 2. The van der Waals surface area contributed by atoms with Gasteiger partial charge in [0.1, 0.15) is 11.7 Å². The van der Waals surface area contributed by atoms with Gasteiger partial charge < -0.3 is 20.4 Å². The molecule has 0 radical (unpaired) electrons. The van der Waals surface area contributed by atoms with Crippen LogP contribution in [0.3, 0.4) is 0 Å². The molecule has 1 amide bonds. The molecule has 0 aliphatic rings. The van der Waals surface area contributed by atoms with E-state index in [1.54, 1.807) is 18.2 Å². The zero-order valence-corrected chi connectivity index (χ0v) is 16.6. The van der Waals surface area contributed by atoms with Crippen LogP contribution in [0.1, 0.15) is 27.9 Å². The fourth-order valence-electron chi connectivity index (χ4n) is 3.15. The summed E-state index contributed by atoms with van der Waals surface area (Å²) in [5.41, 5.74) is 10.2. The van der Waals surface area contributed by atoms with Crippen LogP contribution < -0.4 is 11.1 Å². The monoisotopic (exact) mass is 393 g/mol. The van der Waals surface area contributed by atoms with Crippen molar-refractivity contribution in [3.63, 3.8) is 0 Å². The molecule has 0 aliphatic carbocycles. The van der Waals surface area contributed by atoms with E-state index in [1.807, 2.05) is 36.7 Å². The van der Waals surface area contributed by atoms with Crippen molar-refractivity contribution in [3.05, 3.63) is 53.1 Å². The molecule has 1 heterocycles. The van der Waals surface area contributed by atoms with E-state index < -0.39 is 0 Å². The Morgan fingerprint density at radius 1 is 1.21 bits per heavy atom. The minimum atomic E-state index is -0.374. The van der Waals surface area contributed by atoms with Crippen molar-refractivity contribution in [3.8, 4) is 11.4 Å². The van der Waals surface area contributed by atoms with E-state index in [0.717, 1.165) is 22.5 Å². The first-order chi connectivity index (χ1) is 13.8. The molecule has 3 rings (SSSR count). The summed E-state index contributed by atoms with van der Waals surface area (Å²) < 4.78 is 6.52. The highest BCUT2D eigenvalue weighted by atomic mass is 16.5. The summed E-state index contributed by atoms with van der Waals surface area (Å²) in [7, 11) is 3.23. The lowest BCUT2D eigenvalue weighted by atomic mass is 10.0. The van der Waals surface area contributed by atoms with Crippen LogP contribution in [0.25, 0.3) is 22.4 Å². The molecule has 1 aromatic heterocycles. The first-order valence-electron chi connectivity index (χ1n) is 9.08. The van der Waals surface area contributed by atoms with Gasteiger partial charge in [-0.25, -0.2) is 4.98 Å². The van der Waals surface area contributed by atoms with E-state index in [4.69, 9.17) is 16.1 Å². The number of ether oxygens (including phenoxy) is 1. The Hall–Kier alpha value is -3.68. The van der Waals surface area contributed by atoms with Gasteiger partial charge in [0.2, 0.25) is 0 Å². The fraction of sp³-hybridized carbons (Fsp3) is 0.238. The maximum absolute atomic E-state index is 12.3. The number of benzene rings is 2. The van der Waals surface area contributed by atoms with Crippen LogP contribution in [-0.4, -0.2) is 40.9 Å². The smallest absolute Gasteiger partial charge is 0.307 e. The van der Waals surface area contributed by atoms with Crippen LogP contribution in [0.5, 0.6) is 0 Å². The highest BCUT2D eigenvalue weighted by molar-refractivity contribution is 5.98. The molecule has 8 nitrogen and oxygen atoms in total. The molecule has 0 saturated heterocycles. The van der Waals surface area contributed by atoms with Crippen LogP contribution in [0.15, 0.2) is 36.4 Å². The molecule has 3 aromatic rings. The molecule has 0 atom stereocenters. The van der Waals surface area contributed by atoms with Gasteiger partial charge in [0, 0.05) is 30.3 Å². The number of aromatic nitrogens is 2. The van der Waals surface area contributed by atoms with E-state index in [9.17, 15) is 9.59 Å². The van der Waals surface area contributed by atoms with Crippen molar-refractivity contribution in [2.24, 2.45) is 12.8 Å². The number of hydrogen-bond acceptors (Lipinski definition) is 5. The summed E-state index contributed by atoms with van der Waals surface area (Å²) in [5.74, 6) is 0.134. The average Bonchev–Trinajstić information content (AvgIpc) is 3.03. The van der Waals surface area contributed by atoms with Gasteiger partial charge in [0.15, 0.2) is 0 Å². The van der Waals surface area contributed by atoms with Crippen molar-refractivity contribution in [2.75, 3.05) is 13.7 Å². The third kappa shape index (κ3) is 4.11. The number of carbonyl (C=O) groups excluding carboxylic acids is 2. The number of methoxy groups -OCH3 is 1. The summed E-state index contributed by atoms with van der Waals surface area (Å²) in [5, 5.41) is 10.3. The number of nitrogens with zero attached hydrogens (tertiary/aromatic N) is 2. The molecule has 0 fully saturated rings. The molecule has 0 saturated carbocycles. The minimum Gasteiger partial charge on any atom is -0.469 e. The number of imidazole rings is 1. The summed E-state index contributed by atoms with van der Waals surface area (Å²) in [4.78, 5) is 28.2. The number of esters is 1. The molecule has 0 spiro atoms. The summed E-state index contributed by atoms with van der Waals surface area (Å²) in [6.07, 6.45) is 0.119. The van der Waals surface area contributed by atoms with Crippen molar-refractivity contribution in [1.82, 2.24) is 14.9 Å². The molecule has 0 aliphatic heterocycles. The average molecular weight is 393 g/mol. The topological polar surface area (TPSA) is 123 Å². The maximum atomic E-state index is 12.3. The number of carbonyl (C=O) groups is 2. The number of fused-ring (bicyclic) bond motifs is 1. The van der Waals surface area contributed by atoms with E-state index in [0.29, 0.717) is 16.6 Å². The standard InChI is InChI=1S/C21H23N5O3/c1-12-10-13(19(22)23)4-6-15(12)20-25-16-11-14(5-7-17(16)26(20)2)21(28)24-9-8-18(27)29-3/h4-7,10-11H,8-9H2,1-3H3,(H3,22,23)(H,24,28). The second-order valence-corrected chi connectivity index (χ2v) is 6.72. The third-order valence-corrected chi connectivity index (χ3v) is 4.76. The Kier molecular flexibility index (Phi) is 5.63. The number of rotatable bonds is 6. The lowest BCUT2D eigenvalue weighted by Crippen LogP contribution is -2.26. The zero-order chi connectivity index (χ0) is 21.1. The molecular formula is C21H23N5O3. The fourth-order valence-corrected chi connectivity index (χ4v) is 3.15. The van der Waals surface area contributed by atoms with Gasteiger partial charge in [-0.15, -0.1) is 0 Å². The molecule has 0 unspecified atom stereocenters. The van der Waals surface area contributed by atoms with Crippen LogP contribution >= 0.6 is 0 Å². The second kappa shape index (κ2) is 8.14. The second-order valence-electron chi connectivity index (χ2n) is 6.72. The SMILES string of the molecule is COC(=O)CCNC(=O)c1ccc2c(c1)nc(-c1ccc(C(=N)N)cc1C)n2C. The molecule has 0 bridgehead atoms. The molecular weight excluding hydrogens is 370 g/mol. The van der Waals surface area contributed by atoms with Gasteiger partial charge in [0.05, 0.1) is 24.6 Å². The van der Waals surface area contributed by atoms with Crippen LogP contribution in [0.4, 0.5) is 0 Å². The number of amidine groups is 1. The highest BCUT2D eigenvalue weighted by Gasteiger charge is 2.15. The summed E-state index contributed by atoms with van der Waals surface area (Å²) in [6.45, 7) is 2.15. The third-order valence-electron chi connectivity index (χ3n) is 4.76. The predicted octanol–water partition coefficient (Wildman–Crippen LogP) is 2.13. The number of nitrogen functional groups attached to an aromatic ring is 1. The van der Waals surface area contributed by atoms with Gasteiger partial charge in [-0.2, -0.15) is 0 Å². The van der Waals surface area contributed by atoms with Gasteiger partial charge in [0.25, 0.3) is 5.91 Å². The normalized spacial score (nSPS) is 10.7. The van der Waals surface area contributed by atoms with E-state index in [1.165, 1.54) is 7.11 Å². The molecule has 29 heavy (non-hydrogen) atoms. The van der Waals surface area contributed by atoms with Crippen molar-refractivity contribution in [1.29, 1.82) is 5.41 Å². The lowest BCUT2D eigenvalue weighted by molar-refractivity contribution is -0.140. The molecule has 4 N–H and O–H groups in total. The number of aryl methyl sites for hydroxylation is 2. The van der Waals surface area contributed by atoms with Crippen molar-refractivity contribution in [2.45, 2.75) is 13.3 Å². The summed E-state index contributed by atoms with van der Waals surface area (Å²) in [6, 6.07) is 10.9. The first kappa shape index (κ1) is 20.1. The quantitative estimate of drug-likeness (QED) is 0.336. The maximum Gasteiger partial charge on any atom is 0.307 e. The Labute approximate surface area is 168 Å². The Balaban J connectivity index is 1.89. The molecule has 8 heteroatoms. The number of amides is 1. The predicted molar refractivity (Wildman–Crippen MR) is 111 cm³/mol. The number of nitrogens with two attached hydrogens (primary N) is 1. The Bertz CT molecular complexity index is 1120. The van der Waals surface area contributed by atoms with Gasteiger partial charge in [-0.1, -0.05) is 12.1 Å².